The quantitative estimate of drug-likeness (QED) is 0.853. The molecule has 0 aliphatic rings. The zero-order valence-corrected chi connectivity index (χ0v) is 12.0. The summed E-state index contributed by atoms with van der Waals surface area (Å²) in [4.78, 5) is 12.0. The van der Waals surface area contributed by atoms with Gasteiger partial charge in [-0.2, -0.15) is 0 Å². The number of aliphatic hydroxyl groups is 1. The summed E-state index contributed by atoms with van der Waals surface area (Å²) in [5.74, 6) is 6.08. The number of hydrogen-bond acceptors (Lipinski definition) is 3. The number of carbonyl (C=O) groups excluding carboxylic acids is 1. The van der Waals surface area contributed by atoms with E-state index in [1.165, 1.54) is 0 Å². The van der Waals surface area contributed by atoms with E-state index >= 15 is 0 Å². The summed E-state index contributed by atoms with van der Waals surface area (Å²) in [7, 11) is 0. The van der Waals surface area contributed by atoms with Crippen LogP contribution in [0.4, 0.5) is 0 Å². The molecule has 0 aliphatic carbocycles. The van der Waals surface area contributed by atoms with E-state index in [2.05, 4.69) is 17.2 Å². The second-order valence-electron chi connectivity index (χ2n) is 4.23. The number of hydrogen-bond donors (Lipinski definition) is 2. The number of rotatable bonds is 4. The average Bonchev–Trinajstić information content (AvgIpc) is 3.00. The maximum atomic E-state index is 12.0. The van der Waals surface area contributed by atoms with Crippen molar-refractivity contribution in [2.75, 3.05) is 6.61 Å². The third kappa shape index (κ3) is 4.38. The van der Waals surface area contributed by atoms with Gasteiger partial charge in [-0.25, -0.2) is 0 Å². The molecule has 108 valence electrons. The first-order valence-electron chi connectivity index (χ1n) is 6.40. The Morgan fingerprint density at radius 3 is 2.90 bits per heavy atom. The molecule has 2 rings (SSSR count). The number of amides is 1. The van der Waals surface area contributed by atoms with Crippen molar-refractivity contribution in [1.29, 1.82) is 0 Å². The molecule has 1 heterocycles. The van der Waals surface area contributed by atoms with Gasteiger partial charge in [-0.1, -0.05) is 23.4 Å². The zero-order chi connectivity index (χ0) is 15.1. The molecule has 0 atom stereocenters. The topological polar surface area (TPSA) is 62.5 Å². The second kappa shape index (κ2) is 7.53. The first-order valence-corrected chi connectivity index (χ1v) is 6.78. The van der Waals surface area contributed by atoms with Crippen LogP contribution in [0.2, 0.25) is 5.02 Å². The lowest BCUT2D eigenvalue weighted by Crippen LogP contribution is -2.22. The second-order valence-corrected chi connectivity index (χ2v) is 4.64. The fourth-order valence-corrected chi connectivity index (χ4v) is 1.88. The van der Waals surface area contributed by atoms with Crippen LogP contribution in [0.15, 0.2) is 41.0 Å². The Bertz CT molecular complexity index is 669. The van der Waals surface area contributed by atoms with Crippen molar-refractivity contribution in [3.8, 4) is 11.8 Å². The lowest BCUT2D eigenvalue weighted by molar-refractivity contribution is 0.0948. The van der Waals surface area contributed by atoms with Crippen LogP contribution < -0.4 is 5.32 Å². The molecule has 0 aliphatic heterocycles. The largest absolute Gasteiger partial charge is 0.467 e. The van der Waals surface area contributed by atoms with Crippen molar-refractivity contribution in [2.45, 2.75) is 13.0 Å². The fourth-order valence-electron chi connectivity index (χ4n) is 1.65. The first kappa shape index (κ1) is 15.2. The van der Waals surface area contributed by atoms with Crippen LogP contribution in [-0.4, -0.2) is 17.6 Å². The highest BCUT2D eigenvalue weighted by atomic mass is 35.5. The van der Waals surface area contributed by atoms with Crippen LogP contribution in [0.1, 0.15) is 28.1 Å². The van der Waals surface area contributed by atoms with E-state index in [0.717, 1.165) is 0 Å². The predicted molar refractivity (Wildman–Crippen MR) is 79.9 cm³/mol. The van der Waals surface area contributed by atoms with Crippen LogP contribution >= 0.6 is 11.6 Å². The maximum absolute atomic E-state index is 12.0. The van der Waals surface area contributed by atoms with Gasteiger partial charge in [0.25, 0.3) is 5.91 Å². The standard InChI is InChI=1S/C16H14ClNO3/c17-15-10-13(7-6-12(15)4-1-2-8-19)16(20)18-11-14-5-3-9-21-14/h3,5-7,9-10,19H,2,8,11H2,(H,18,20). The van der Waals surface area contributed by atoms with Gasteiger partial charge in [0, 0.05) is 17.5 Å². The third-order valence-electron chi connectivity index (χ3n) is 2.69. The van der Waals surface area contributed by atoms with Gasteiger partial charge in [0.2, 0.25) is 0 Å². The van der Waals surface area contributed by atoms with E-state index in [4.69, 9.17) is 21.1 Å². The molecule has 0 radical (unpaired) electrons. The lowest BCUT2D eigenvalue weighted by Gasteiger charge is -2.04. The molecule has 1 aromatic carbocycles. The molecule has 0 bridgehead atoms. The average molecular weight is 304 g/mol. The minimum atomic E-state index is -0.233. The summed E-state index contributed by atoms with van der Waals surface area (Å²) in [6, 6.07) is 8.47. The number of nitrogens with one attached hydrogen (secondary N) is 1. The highest BCUT2D eigenvalue weighted by Gasteiger charge is 2.08. The minimum Gasteiger partial charge on any atom is -0.467 e. The van der Waals surface area contributed by atoms with Crippen molar-refractivity contribution in [1.82, 2.24) is 5.32 Å². The number of furan rings is 1. The SMILES string of the molecule is O=C(NCc1ccco1)c1ccc(C#CCCO)c(Cl)c1. The summed E-state index contributed by atoms with van der Waals surface area (Å²) in [6.07, 6.45) is 1.94. The number of benzene rings is 1. The number of halogens is 1. The molecule has 21 heavy (non-hydrogen) atoms. The smallest absolute Gasteiger partial charge is 0.251 e. The minimum absolute atomic E-state index is 0.0118. The summed E-state index contributed by atoms with van der Waals surface area (Å²) in [5.41, 5.74) is 1.09. The zero-order valence-electron chi connectivity index (χ0n) is 11.2. The van der Waals surface area contributed by atoms with E-state index in [1.807, 2.05) is 0 Å². The Kier molecular flexibility index (Phi) is 5.44. The molecule has 2 aromatic rings. The number of carbonyl (C=O) groups is 1. The molecule has 0 saturated heterocycles. The van der Waals surface area contributed by atoms with Crippen LogP contribution in [0.25, 0.3) is 0 Å². The van der Waals surface area contributed by atoms with E-state index in [-0.39, 0.29) is 12.5 Å². The van der Waals surface area contributed by atoms with E-state index in [9.17, 15) is 4.79 Å². The monoisotopic (exact) mass is 303 g/mol. The highest BCUT2D eigenvalue weighted by molar-refractivity contribution is 6.32. The third-order valence-corrected chi connectivity index (χ3v) is 3.01. The fraction of sp³-hybridized carbons (Fsp3) is 0.188. The van der Waals surface area contributed by atoms with Crippen molar-refractivity contribution in [3.63, 3.8) is 0 Å². The van der Waals surface area contributed by atoms with Gasteiger partial charge in [0.05, 0.1) is 24.4 Å². The van der Waals surface area contributed by atoms with Gasteiger partial charge in [0.1, 0.15) is 5.76 Å². The van der Waals surface area contributed by atoms with Gasteiger partial charge in [-0.15, -0.1) is 0 Å². The molecule has 0 unspecified atom stereocenters. The normalized spacial score (nSPS) is 9.81. The van der Waals surface area contributed by atoms with Crippen LogP contribution in [0.5, 0.6) is 0 Å². The molecule has 0 fully saturated rings. The van der Waals surface area contributed by atoms with E-state index in [0.29, 0.717) is 34.9 Å². The Morgan fingerprint density at radius 1 is 1.38 bits per heavy atom. The van der Waals surface area contributed by atoms with E-state index in [1.54, 1.807) is 36.6 Å². The summed E-state index contributed by atoms with van der Waals surface area (Å²) in [5, 5.41) is 11.8. The Hall–Kier alpha value is -2.22. The van der Waals surface area contributed by atoms with Crippen molar-refractivity contribution in [3.05, 3.63) is 58.5 Å². The molecule has 1 aromatic heterocycles. The van der Waals surface area contributed by atoms with Gasteiger partial charge >= 0.3 is 0 Å². The molecular formula is C16H14ClNO3. The summed E-state index contributed by atoms with van der Waals surface area (Å²) >= 11 is 6.09. The van der Waals surface area contributed by atoms with Crippen LogP contribution in [0.3, 0.4) is 0 Å². The van der Waals surface area contributed by atoms with Gasteiger partial charge in [-0.05, 0) is 30.3 Å². The Labute approximate surface area is 127 Å². The predicted octanol–water partition coefficient (Wildman–Crippen LogP) is 2.60. The highest BCUT2D eigenvalue weighted by Crippen LogP contribution is 2.17. The molecule has 0 saturated carbocycles. The summed E-state index contributed by atoms with van der Waals surface area (Å²) < 4.78 is 5.14. The van der Waals surface area contributed by atoms with Crippen LogP contribution in [-0.2, 0) is 6.54 Å². The Morgan fingerprint density at radius 2 is 2.24 bits per heavy atom. The Balaban J connectivity index is 2.02. The molecule has 1 amide bonds. The molecule has 4 nitrogen and oxygen atoms in total. The van der Waals surface area contributed by atoms with Gasteiger partial charge < -0.3 is 14.8 Å². The van der Waals surface area contributed by atoms with Gasteiger partial charge in [0.15, 0.2) is 0 Å². The molecule has 5 heteroatoms. The van der Waals surface area contributed by atoms with Crippen molar-refractivity contribution < 1.29 is 14.3 Å². The molecule has 0 spiro atoms. The maximum Gasteiger partial charge on any atom is 0.251 e. The molecule has 2 N–H and O–H groups in total. The van der Waals surface area contributed by atoms with Crippen LogP contribution in [0, 0.1) is 11.8 Å². The van der Waals surface area contributed by atoms with Crippen molar-refractivity contribution in [2.24, 2.45) is 0 Å². The summed E-state index contributed by atoms with van der Waals surface area (Å²) in [6.45, 7) is 0.333. The number of aliphatic hydroxyl groups excluding tert-OH is 1. The van der Waals surface area contributed by atoms with Crippen molar-refractivity contribution >= 4 is 17.5 Å². The van der Waals surface area contributed by atoms with Gasteiger partial charge in [-0.3, -0.25) is 4.79 Å². The van der Waals surface area contributed by atoms with E-state index < -0.39 is 0 Å². The first-order chi connectivity index (χ1) is 10.2. The molecular weight excluding hydrogens is 290 g/mol. The lowest BCUT2D eigenvalue weighted by atomic mass is 10.1.